The summed E-state index contributed by atoms with van der Waals surface area (Å²) < 4.78 is 62.1. The van der Waals surface area contributed by atoms with E-state index in [4.69, 9.17) is 4.74 Å². The zero-order valence-corrected chi connectivity index (χ0v) is 10.6. The summed E-state index contributed by atoms with van der Waals surface area (Å²) in [7, 11) is 2.29. The second-order valence-corrected chi connectivity index (χ2v) is 3.53. The Kier molecular flexibility index (Phi) is 5.12. The molecular weight excluding hydrogens is 286 g/mol. The minimum atomic E-state index is -4.97. The van der Waals surface area contributed by atoms with Crippen molar-refractivity contribution in [1.29, 1.82) is 0 Å². The molecule has 0 aliphatic rings. The van der Waals surface area contributed by atoms with Crippen LogP contribution >= 0.6 is 0 Å². The van der Waals surface area contributed by atoms with Crippen LogP contribution in [0.1, 0.15) is 11.3 Å². The minimum absolute atomic E-state index is 0.0127. The van der Waals surface area contributed by atoms with Crippen molar-refractivity contribution in [3.05, 3.63) is 17.3 Å². The molecule has 0 bridgehead atoms. The van der Waals surface area contributed by atoms with Crippen molar-refractivity contribution in [3.8, 4) is 11.6 Å². The van der Waals surface area contributed by atoms with Gasteiger partial charge >= 0.3 is 12.3 Å². The van der Waals surface area contributed by atoms with Gasteiger partial charge in [0.25, 0.3) is 0 Å². The fraction of sp³-hybridized carbons (Fsp3) is 0.455. The van der Waals surface area contributed by atoms with Gasteiger partial charge < -0.3 is 14.2 Å². The molecule has 1 rings (SSSR count). The molecule has 1 aromatic rings. The molecule has 20 heavy (non-hydrogen) atoms. The number of alkyl halides is 4. The highest BCUT2D eigenvalue weighted by atomic mass is 19.4. The summed E-state index contributed by atoms with van der Waals surface area (Å²) in [5.74, 6) is -1.71. The molecule has 9 heteroatoms. The molecule has 0 saturated heterocycles. The van der Waals surface area contributed by atoms with Gasteiger partial charge in [0.1, 0.15) is 18.1 Å². The van der Waals surface area contributed by atoms with Gasteiger partial charge in [0, 0.05) is 11.6 Å². The van der Waals surface area contributed by atoms with E-state index >= 15 is 0 Å². The van der Waals surface area contributed by atoms with Gasteiger partial charge in [-0.1, -0.05) is 0 Å². The lowest BCUT2D eigenvalue weighted by Crippen LogP contribution is -2.19. The third kappa shape index (κ3) is 4.25. The van der Waals surface area contributed by atoms with Crippen LogP contribution in [0.15, 0.2) is 6.07 Å². The summed E-state index contributed by atoms with van der Waals surface area (Å²) in [6, 6.07) is 0.850. The van der Waals surface area contributed by atoms with Crippen LogP contribution in [0.3, 0.4) is 0 Å². The lowest BCUT2D eigenvalue weighted by atomic mass is 10.1. The fourth-order valence-corrected chi connectivity index (χ4v) is 1.49. The molecule has 5 nitrogen and oxygen atoms in total. The van der Waals surface area contributed by atoms with Crippen LogP contribution in [0.5, 0.6) is 11.6 Å². The molecule has 0 spiro atoms. The molecule has 112 valence electrons. The number of ether oxygens (including phenoxy) is 3. The first kappa shape index (κ1) is 16.0. The van der Waals surface area contributed by atoms with Crippen molar-refractivity contribution in [2.45, 2.75) is 19.5 Å². The van der Waals surface area contributed by atoms with Gasteiger partial charge in [0.05, 0.1) is 20.6 Å². The Morgan fingerprint density at radius 2 is 2.00 bits per heavy atom. The predicted octanol–water partition coefficient (Wildman–Crippen LogP) is 2.17. The monoisotopic (exact) mass is 297 g/mol. The van der Waals surface area contributed by atoms with Crippen LogP contribution < -0.4 is 9.47 Å². The minimum Gasteiger partial charge on any atom is -0.494 e. The Hall–Kier alpha value is -2.06. The molecule has 0 saturated carbocycles. The summed E-state index contributed by atoms with van der Waals surface area (Å²) in [4.78, 5) is 14.5. The summed E-state index contributed by atoms with van der Waals surface area (Å²) >= 11 is 0. The molecule has 0 amide bonds. The number of esters is 1. The molecule has 0 aliphatic heterocycles. The van der Waals surface area contributed by atoms with Gasteiger partial charge in [-0.15, -0.1) is 13.2 Å². The number of pyridine rings is 1. The topological polar surface area (TPSA) is 57.7 Å². The van der Waals surface area contributed by atoms with E-state index in [2.05, 4.69) is 14.5 Å². The van der Waals surface area contributed by atoms with E-state index in [-0.39, 0.29) is 11.3 Å². The quantitative estimate of drug-likeness (QED) is 0.616. The first-order valence-corrected chi connectivity index (χ1v) is 5.26. The maximum Gasteiger partial charge on any atom is 0.574 e. The van der Waals surface area contributed by atoms with Crippen LogP contribution in [-0.4, -0.2) is 31.5 Å². The van der Waals surface area contributed by atoms with E-state index < -0.39 is 37.0 Å². The summed E-state index contributed by atoms with van der Waals surface area (Å²) in [6.45, 7) is -1.17. The SMILES string of the molecule is COC(=O)Cc1cc(OC(F)(F)F)nc(CF)c1OC. The summed E-state index contributed by atoms with van der Waals surface area (Å²) in [5.41, 5.74) is -0.408. The average molecular weight is 297 g/mol. The maximum atomic E-state index is 12.8. The first-order valence-electron chi connectivity index (χ1n) is 5.26. The van der Waals surface area contributed by atoms with E-state index in [1.807, 2.05) is 0 Å². The fourth-order valence-electron chi connectivity index (χ4n) is 1.49. The van der Waals surface area contributed by atoms with Crippen LogP contribution in [0.25, 0.3) is 0 Å². The third-order valence-corrected chi connectivity index (χ3v) is 2.21. The number of carbonyl (C=O) groups excluding carboxylic acids is 1. The van der Waals surface area contributed by atoms with Crippen LogP contribution in [0.4, 0.5) is 17.6 Å². The number of nitrogens with zero attached hydrogens (tertiary/aromatic N) is 1. The molecule has 0 fully saturated rings. The van der Waals surface area contributed by atoms with Gasteiger partial charge in [-0.05, 0) is 0 Å². The van der Waals surface area contributed by atoms with Crippen molar-refractivity contribution < 1.29 is 36.6 Å². The molecular formula is C11H11F4NO4. The highest BCUT2D eigenvalue weighted by Crippen LogP contribution is 2.30. The molecule has 0 atom stereocenters. The molecule has 1 aromatic heterocycles. The Labute approximate surface area is 111 Å². The predicted molar refractivity (Wildman–Crippen MR) is 58.0 cm³/mol. The zero-order valence-electron chi connectivity index (χ0n) is 10.6. The van der Waals surface area contributed by atoms with E-state index in [1.54, 1.807) is 0 Å². The number of hydrogen-bond acceptors (Lipinski definition) is 5. The lowest BCUT2D eigenvalue weighted by molar-refractivity contribution is -0.276. The Morgan fingerprint density at radius 1 is 1.35 bits per heavy atom. The number of halogens is 4. The third-order valence-electron chi connectivity index (χ3n) is 2.21. The largest absolute Gasteiger partial charge is 0.574 e. The number of hydrogen-bond donors (Lipinski definition) is 0. The standard InChI is InChI=1S/C11H11F4NO4/c1-18-9(17)4-6-3-8(20-11(13,14)15)16-7(5-12)10(6)19-2/h3H,4-5H2,1-2H3. The van der Waals surface area contributed by atoms with E-state index in [1.165, 1.54) is 7.11 Å². The van der Waals surface area contributed by atoms with Gasteiger partial charge in [-0.25, -0.2) is 9.37 Å². The normalized spacial score (nSPS) is 11.1. The Balaban J connectivity index is 3.23. The van der Waals surface area contributed by atoms with Gasteiger partial charge in [-0.2, -0.15) is 0 Å². The highest BCUT2D eigenvalue weighted by Gasteiger charge is 2.32. The van der Waals surface area contributed by atoms with Gasteiger partial charge in [-0.3, -0.25) is 4.79 Å². The Morgan fingerprint density at radius 3 is 2.45 bits per heavy atom. The second-order valence-electron chi connectivity index (χ2n) is 3.53. The average Bonchev–Trinajstić information content (AvgIpc) is 2.35. The molecule has 1 heterocycles. The number of aromatic nitrogens is 1. The van der Waals surface area contributed by atoms with Crippen LogP contribution in [-0.2, 0) is 22.6 Å². The smallest absolute Gasteiger partial charge is 0.494 e. The maximum absolute atomic E-state index is 12.8. The first-order chi connectivity index (χ1) is 9.30. The van der Waals surface area contributed by atoms with E-state index in [0.717, 1.165) is 13.2 Å². The summed E-state index contributed by atoms with van der Waals surface area (Å²) in [5, 5.41) is 0. The Bertz CT molecular complexity index is 490. The number of carbonyl (C=O) groups is 1. The molecule has 0 unspecified atom stereocenters. The second kappa shape index (κ2) is 6.40. The van der Waals surface area contributed by atoms with Crippen LogP contribution in [0, 0.1) is 0 Å². The van der Waals surface area contributed by atoms with Crippen molar-refractivity contribution in [1.82, 2.24) is 4.98 Å². The molecule has 0 N–H and O–H groups in total. The summed E-state index contributed by atoms with van der Waals surface area (Å²) in [6.07, 6.45) is -5.37. The molecule has 0 aliphatic carbocycles. The highest BCUT2D eigenvalue weighted by molar-refractivity contribution is 5.73. The van der Waals surface area contributed by atoms with Crippen LogP contribution in [0.2, 0.25) is 0 Å². The molecule has 0 aromatic carbocycles. The molecule has 0 radical (unpaired) electrons. The van der Waals surface area contributed by atoms with Gasteiger partial charge in [0.15, 0.2) is 0 Å². The number of methoxy groups -OCH3 is 2. The zero-order chi connectivity index (χ0) is 15.3. The van der Waals surface area contributed by atoms with Gasteiger partial charge in [0.2, 0.25) is 5.88 Å². The van der Waals surface area contributed by atoms with E-state index in [0.29, 0.717) is 0 Å². The van der Waals surface area contributed by atoms with Crippen molar-refractivity contribution >= 4 is 5.97 Å². The van der Waals surface area contributed by atoms with Crippen molar-refractivity contribution in [3.63, 3.8) is 0 Å². The number of rotatable bonds is 5. The van der Waals surface area contributed by atoms with Crippen molar-refractivity contribution in [2.75, 3.05) is 14.2 Å². The van der Waals surface area contributed by atoms with Crippen molar-refractivity contribution in [2.24, 2.45) is 0 Å². The lowest BCUT2D eigenvalue weighted by Gasteiger charge is -2.14. The van der Waals surface area contributed by atoms with E-state index in [9.17, 15) is 22.4 Å².